The van der Waals surface area contributed by atoms with Gasteiger partial charge in [0.1, 0.15) is 11.0 Å². The van der Waals surface area contributed by atoms with Crippen LogP contribution >= 0.6 is 23.2 Å². The van der Waals surface area contributed by atoms with Gasteiger partial charge < -0.3 is 0 Å². The molecule has 0 radical (unpaired) electrons. The Bertz CT molecular complexity index is 673. The normalized spacial score (nSPS) is 10.4. The van der Waals surface area contributed by atoms with E-state index in [1.54, 1.807) is 6.07 Å². The third-order valence-electron chi connectivity index (χ3n) is 2.91. The Morgan fingerprint density at radius 2 is 1.24 bits per heavy atom. The molecule has 0 amide bonds. The first-order valence-electron chi connectivity index (χ1n) is 6.34. The Balaban J connectivity index is 2.17. The van der Waals surface area contributed by atoms with Gasteiger partial charge in [0.05, 0.1) is 0 Å². The Morgan fingerprint density at radius 3 is 1.71 bits per heavy atom. The van der Waals surface area contributed by atoms with Gasteiger partial charge in [0.25, 0.3) is 0 Å². The Morgan fingerprint density at radius 1 is 0.714 bits per heavy atom. The Kier molecular flexibility index (Phi) is 4.04. The van der Waals surface area contributed by atoms with Crippen molar-refractivity contribution in [2.45, 2.75) is 0 Å². The molecule has 104 valence electrons. The van der Waals surface area contributed by atoms with Gasteiger partial charge in [0.2, 0.25) is 5.28 Å². The minimum atomic E-state index is 0.120. The first-order valence-corrected chi connectivity index (χ1v) is 7.10. The van der Waals surface area contributed by atoms with E-state index in [9.17, 15) is 0 Å². The standard InChI is InChI=1S/C16H11Cl2N3/c17-14-11-15(20-16(18)19-14)21(12-7-3-1-4-8-12)13-9-5-2-6-10-13/h1-11H. The molecule has 3 nitrogen and oxygen atoms in total. The molecule has 2 aromatic carbocycles. The van der Waals surface area contributed by atoms with Crippen molar-refractivity contribution in [1.29, 1.82) is 0 Å². The molecule has 21 heavy (non-hydrogen) atoms. The second-order valence-corrected chi connectivity index (χ2v) is 5.05. The van der Waals surface area contributed by atoms with E-state index in [0.29, 0.717) is 11.0 Å². The predicted octanol–water partition coefficient (Wildman–Crippen LogP) is 5.25. The van der Waals surface area contributed by atoms with Crippen LogP contribution in [-0.4, -0.2) is 9.97 Å². The van der Waals surface area contributed by atoms with Crippen LogP contribution in [0.15, 0.2) is 66.7 Å². The van der Waals surface area contributed by atoms with Crippen molar-refractivity contribution in [2.75, 3.05) is 4.90 Å². The zero-order valence-electron chi connectivity index (χ0n) is 10.9. The molecule has 5 heteroatoms. The van der Waals surface area contributed by atoms with Crippen LogP contribution in [0, 0.1) is 0 Å². The highest BCUT2D eigenvalue weighted by atomic mass is 35.5. The molecule has 0 saturated carbocycles. The summed E-state index contributed by atoms with van der Waals surface area (Å²) in [6, 6.07) is 21.5. The van der Waals surface area contributed by atoms with Gasteiger partial charge in [0.15, 0.2) is 0 Å². The minimum absolute atomic E-state index is 0.120. The van der Waals surface area contributed by atoms with Crippen molar-refractivity contribution in [3.05, 3.63) is 77.2 Å². The molecule has 0 atom stereocenters. The molecule has 0 saturated heterocycles. The van der Waals surface area contributed by atoms with Crippen LogP contribution in [0.2, 0.25) is 10.4 Å². The fourth-order valence-electron chi connectivity index (χ4n) is 2.06. The van der Waals surface area contributed by atoms with Crippen LogP contribution < -0.4 is 4.90 Å². The van der Waals surface area contributed by atoms with Gasteiger partial charge in [-0.1, -0.05) is 48.0 Å². The molecule has 0 spiro atoms. The summed E-state index contributed by atoms with van der Waals surface area (Å²) in [6.45, 7) is 0. The van der Waals surface area contributed by atoms with Crippen molar-refractivity contribution in [3.8, 4) is 0 Å². The van der Waals surface area contributed by atoms with Crippen LogP contribution in [0.25, 0.3) is 0 Å². The summed E-state index contributed by atoms with van der Waals surface area (Å²) in [4.78, 5) is 10.2. The van der Waals surface area contributed by atoms with Crippen molar-refractivity contribution >= 4 is 40.4 Å². The van der Waals surface area contributed by atoms with E-state index in [-0.39, 0.29) is 5.28 Å². The third-order valence-corrected chi connectivity index (χ3v) is 3.27. The lowest BCUT2D eigenvalue weighted by Crippen LogP contribution is -2.11. The molecule has 0 aliphatic rings. The molecule has 0 bridgehead atoms. The highest BCUT2D eigenvalue weighted by Gasteiger charge is 2.14. The van der Waals surface area contributed by atoms with Gasteiger partial charge in [-0.15, -0.1) is 0 Å². The molecule has 0 N–H and O–H groups in total. The highest BCUT2D eigenvalue weighted by Crippen LogP contribution is 2.33. The summed E-state index contributed by atoms with van der Waals surface area (Å²) in [7, 11) is 0. The number of hydrogen-bond donors (Lipinski definition) is 0. The summed E-state index contributed by atoms with van der Waals surface area (Å²) in [5, 5.41) is 0.427. The lowest BCUT2D eigenvalue weighted by Gasteiger charge is -2.24. The van der Waals surface area contributed by atoms with Crippen molar-refractivity contribution in [2.24, 2.45) is 0 Å². The van der Waals surface area contributed by atoms with Gasteiger partial charge >= 0.3 is 0 Å². The van der Waals surface area contributed by atoms with Gasteiger partial charge in [-0.05, 0) is 35.9 Å². The van der Waals surface area contributed by atoms with E-state index in [1.165, 1.54) is 0 Å². The molecule has 0 fully saturated rings. The highest BCUT2D eigenvalue weighted by molar-refractivity contribution is 6.32. The summed E-state index contributed by atoms with van der Waals surface area (Å²) in [6.07, 6.45) is 0. The summed E-state index contributed by atoms with van der Waals surface area (Å²) in [5.74, 6) is 0.623. The molecular formula is C16H11Cl2N3. The second-order valence-electron chi connectivity index (χ2n) is 4.32. The number of benzene rings is 2. The SMILES string of the molecule is Clc1cc(N(c2ccccc2)c2ccccc2)nc(Cl)n1. The lowest BCUT2D eigenvalue weighted by atomic mass is 10.2. The van der Waals surface area contributed by atoms with Gasteiger partial charge in [0, 0.05) is 17.4 Å². The lowest BCUT2D eigenvalue weighted by molar-refractivity contribution is 1.11. The fourth-order valence-corrected chi connectivity index (χ4v) is 2.46. The predicted molar refractivity (Wildman–Crippen MR) is 86.7 cm³/mol. The third kappa shape index (κ3) is 3.15. The first kappa shape index (κ1) is 13.9. The van der Waals surface area contributed by atoms with E-state index in [1.807, 2.05) is 65.6 Å². The topological polar surface area (TPSA) is 29.0 Å². The summed E-state index contributed by atoms with van der Waals surface area (Å²) >= 11 is 11.9. The molecular weight excluding hydrogens is 305 g/mol. The van der Waals surface area contributed by atoms with Gasteiger partial charge in [-0.3, -0.25) is 4.90 Å². The van der Waals surface area contributed by atoms with E-state index in [4.69, 9.17) is 23.2 Å². The molecule has 0 aliphatic carbocycles. The van der Waals surface area contributed by atoms with Gasteiger partial charge in [-0.25, -0.2) is 4.98 Å². The molecule has 1 heterocycles. The average Bonchev–Trinajstić information content (AvgIpc) is 2.49. The number of rotatable bonds is 3. The minimum Gasteiger partial charge on any atom is -0.295 e. The quantitative estimate of drug-likeness (QED) is 0.488. The first-order chi connectivity index (χ1) is 10.2. The second kappa shape index (κ2) is 6.12. The number of halogens is 2. The summed E-state index contributed by atoms with van der Waals surface area (Å²) < 4.78 is 0. The fraction of sp³-hybridized carbons (Fsp3) is 0. The largest absolute Gasteiger partial charge is 0.295 e. The number of aromatic nitrogens is 2. The molecule has 3 aromatic rings. The Hall–Kier alpha value is -2.10. The Labute approximate surface area is 132 Å². The van der Waals surface area contributed by atoms with Crippen molar-refractivity contribution < 1.29 is 0 Å². The number of nitrogens with zero attached hydrogens (tertiary/aromatic N) is 3. The van der Waals surface area contributed by atoms with Crippen molar-refractivity contribution in [1.82, 2.24) is 9.97 Å². The number of hydrogen-bond acceptors (Lipinski definition) is 3. The van der Waals surface area contributed by atoms with Gasteiger partial charge in [-0.2, -0.15) is 4.98 Å². The van der Waals surface area contributed by atoms with Crippen molar-refractivity contribution in [3.63, 3.8) is 0 Å². The van der Waals surface area contributed by atoms with E-state index in [0.717, 1.165) is 11.4 Å². The maximum atomic E-state index is 6.01. The number of para-hydroxylation sites is 2. The number of anilines is 3. The maximum absolute atomic E-state index is 6.01. The summed E-state index contributed by atoms with van der Waals surface area (Å²) in [5.41, 5.74) is 1.93. The zero-order valence-corrected chi connectivity index (χ0v) is 12.5. The molecule has 3 rings (SSSR count). The van der Waals surface area contributed by atoms with Crippen LogP contribution in [0.4, 0.5) is 17.2 Å². The van der Waals surface area contributed by atoms with E-state index in [2.05, 4.69) is 9.97 Å². The molecule has 0 unspecified atom stereocenters. The zero-order chi connectivity index (χ0) is 14.7. The molecule has 1 aromatic heterocycles. The maximum Gasteiger partial charge on any atom is 0.225 e. The van der Waals surface area contributed by atoms with Crippen LogP contribution in [-0.2, 0) is 0 Å². The van der Waals surface area contributed by atoms with E-state index < -0.39 is 0 Å². The van der Waals surface area contributed by atoms with Crippen LogP contribution in [0.1, 0.15) is 0 Å². The van der Waals surface area contributed by atoms with Crippen LogP contribution in [0.3, 0.4) is 0 Å². The molecule has 0 aliphatic heterocycles. The average molecular weight is 316 g/mol. The van der Waals surface area contributed by atoms with E-state index >= 15 is 0 Å². The smallest absolute Gasteiger partial charge is 0.225 e. The monoisotopic (exact) mass is 315 g/mol. The van der Waals surface area contributed by atoms with Crippen LogP contribution in [0.5, 0.6) is 0 Å².